The van der Waals surface area contributed by atoms with E-state index in [2.05, 4.69) is 5.32 Å². The van der Waals surface area contributed by atoms with Crippen LogP contribution < -0.4 is 5.32 Å². The number of urea groups is 1. The zero-order valence-electron chi connectivity index (χ0n) is 11.4. The molecule has 0 spiro atoms. The van der Waals surface area contributed by atoms with Gasteiger partial charge in [-0.2, -0.15) is 0 Å². The molecule has 2 fully saturated rings. The molecule has 0 radical (unpaired) electrons. The van der Waals surface area contributed by atoms with Crippen molar-refractivity contribution in [2.24, 2.45) is 0 Å². The first-order chi connectivity index (χ1) is 9.44. The Kier molecular flexibility index (Phi) is 4.49. The predicted molar refractivity (Wildman–Crippen MR) is 70.2 cm³/mol. The van der Waals surface area contributed by atoms with Gasteiger partial charge in [0.05, 0.1) is 25.3 Å². The Labute approximate surface area is 117 Å². The van der Waals surface area contributed by atoms with Crippen LogP contribution in [0.25, 0.3) is 0 Å². The van der Waals surface area contributed by atoms with Crippen LogP contribution in [0.15, 0.2) is 0 Å². The summed E-state index contributed by atoms with van der Waals surface area (Å²) in [4.78, 5) is 25.0. The van der Waals surface area contributed by atoms with Crippen LogP contribution in [0.1, 0.15) is 38.5 Å². The number of carboxylic acids is 1. The lowest BCUT2D eigenvalue weighted by Crippen LogP contribution is -2.57. The van der Waals surface area contributed by atoms with E-state index in [-0.39, 0.29) is 13.1 Å². The van der Waals surface area contributed by atoms with Gasteiger partial charge >= 0.3 is 12.0 Å². The van der Waals surface area contributed by atoms with Gasteiger partial charge in [-0.3, -0.25) is 0 Å². The molecule has 0 aromatic heterocycles. The maximum Gasteiger partial charge on any atom is 0.329 e. The van der Waals surface area contributed by atoms with E-state index in [1.165, 1.54) is 4.90 Å². The highest BCUT2D eigenvalue weighted by molar-refractivity contribution is 5.86. The number of amides is 2. The summed E-state index contributed by atoms with van der Waals surface area (Å²) in [6, 6.07) is -0.523. The number of nitrogens with zero attached hydrogens (tertiary/aromatic N) is 1. The molecule has 20 heavy (non-hydrogen) atoms. The number of aliphatic carboxylic acids is 1. The number of hydrogen-bond acceptors (Lipinski definition) is 4. The van der Waals surface area contributed by atoms with E-state index in [1.54, 1.807) is 0 Å². The van der Waals surface area contributed by atoms with Gasteiger partial charge in [0.15, 0.2) is 0 Å². The summed E-state index contributed by atoms with van der Waals surface area (Å²) in [6.07, 6.45) is 2.43. The molecule has 2 aliphatic rings. The van der Waals surface area contributed by atoms with Gasteiger partial charge in [0.1, 0.15) is 5.54 Å². The van der Waals surface area contributed by atoms with Crippen molar-refractivity contribution in [3.63, 3.8) is 0 Å². The largest absolute Gasteiger partial charge is 0.480 e. The van der Waals surface area contributed by atoms with E-state index < -0.39 is 29.7 Å². The quantitative estimate of drug-likeness (QED) is 0.530. The van der Waals surface area contributed by atoms with Crippen molar-refractivity contribution >= 4 is 12.0 Å². The van der Waals surface area contributed by atoms with Crippen LogP contribution in [0.2, 0.25) is 0 Å². The molecule has 1 saturated heterocycles. The van der Waals surface area contributed by atoms with Crippen molar-refractivity contribution < 1.29 is 24.9 Å². The van der Waals surface area contributed by atoms with Crippen LogP contribution in [-0.4, -0.2) is 63.1 Å². The van der Waals surface area contributed by atoms with Gasteiger partial charge in [-0.25, -0.2) is 9.59 Å². The molecule has 1 aliphatic heterocycles. The zero-order valence-corrected chi connectivity index (χ0v) is 11.4. The third-order valence-corrected chi connectivity index (χ3v) is 4.26. The fraction of sp³-hybridized carbons (Fsp3) is 0.846. The lowest BCUT2D eigenvalue weighted by molar-refractivity contribution is -0.145. The number of nitrogens with one attached hydrogen (secondary N) is 1. The zero-order chi connectivity index (χ0) is 14.8. The van der Waals surface area contributed by atoms with Crippen LogP contribution in [0.5, 0.6) is 0 Å². The molecule has 114 valence electrons. The van der Waals surface area contributed by atoms with Crippen LogP contribution in [0.4, 0.5) is 4.79 Å². The number of rotatable bonds is 2. The molecule has 2 atom stereocenters. The van der Waals surface area contributed by atoms with Crippen molar-refractivity contribution in [3.8, 4) is 0 Å². The van der Waals surface area contributed by atoms with Crippen LogP contribution >= 0.6 is 0 Å². The molecule has 7 heteroatoms. The summed E-state index contributed by atoms with van der Waals surface area (Å²) in [5, 5.41) is 31.0. The van der Waals surface area contributed by atoms with Gasteiger partial charge in [-0.1, -0.05) is 25.7 Å². The van der Waals surface area contributed by atoms with Crippen molar-refractivity contribution in [3.05, 3.63) is 0 Å². The minimum Gasteiger partial charge on any atom is -0.480 e. The second kappa shape index (κ2) is 5.97. The van der Waals surface area contributed by atoms with Crippen molar-refractivity contribution in [2.45, 2.75) is 56.3 Å². The van der Waals surface area contributed by atoms with Crippen LogP contribution in [0, 0.1) is 0 Å². The van der Waals surface area contributed by atoms with Gasteiger partial charge in [-0.15, -0.1) is 0 Å². The first-order valence-corrected chi connectivity index (χ1v) is 7.11. The second-order valence-corrected chi connectivity index (χ2v) is 5.77. The van der Waals surface area contributed by atoms with E-state index in [1.807, 2.05) is 0 Å². The second-order valence-electron chi connectivity index (χ2n) is 5.77. The maximum absolute atomic E-state index is 12.2. The number of β-amino-alcohol motifs (C(OH)–C–C–N with tert-alkyl or cyclic N) is 2. The Morgan fingerprint density at radius 3 is 1.95 bits per heavy atom. The number of carboxylic acid groups (broad SMARTS) is 1. The van der Waals surface area contributed by atoms with Crippen molar-refractivity contribution in [1.29, 1.82) is 0 Å². The fourth-order valence-corrected chi connectivity index (χ4v) is 2.94. The summed E-state index contributed by atoms with van der Waals surface area (Å²) in [6.45, 7) is 0.0609. The summed E-state index contributed by atoms with van der Waals surface area (Å²) < 4.78 is 0. The van der Waals surface area contributed by atoms with Gasteiger partial charge < -0.3 is 25.5 Å². The topological polar surface area (TPSA) is 110 Å². The predicted octanol–water partition coefficient (Wildman–Crippen LogP) is -0.0890. The van der Waals surface area contributed by atoms with E-state index in [4.69, 9.17) is 0 Å². The highest BCUT2D eigenvalue weighted by Gasteiger charge is 2.42. The Morgan fingerprint density at radius 2 is 1.50 bits per heavy atom. The normalized spacial score (nSPS) is 29.8. The van der Waals surface area contributed by atoms with Crippen LogP contribution in [0.3, 0.4) is 0 Å². The molecule has 2 unspecified atom stereocenters. The lowest BCUT2D eigenvalue weighted by Gasteiger charge is -2.31. The Morgan fingerprint density at radius 1 is 1.00 bits per heavy atom. The standard InChI is InChI=1S/C13H22N2O5/c16-9-7-15(8-10(9)17)12(20)14-13(11(18)19)5-3-1-2-4-6-13/h9-10,16-17H,1-8H2,(H,14,20)(H,18,19). The number of aliphatic hydroxyl groups excluding tert-OH is 2. The number of carbonyl (C=O) groups excluding carboxylic acids is 1. The molecule has 2 rings (SSSR count). The average molecular weight is 286 g/mol. The third-order valence-electron chi connectivity index (χ3n) is 4.26. The number of aliphatic hydroxyl groups is 2. The van der Waals surface area contributed by atoms with Gasteiger partial charge in [0, 0.05) is 0 Å². The molecule has 7 nitrogen and oxygen atoms in total. The highest BCUT2D eigenvalue weighted by Crippen LogP contribution is 2.28. The van der Waals surface area contributed by atoms with Gasteiger partial charge in [-0.05, 0) is 12.8 Å². The molecule has 0 aromatic carbocycles. The fourth-order valence-electron chi connectivity index (χ4n) is 2.94. The van der Waals surface area contributed by atoms with Gasteiger partial charge in [0.2, 0.25) is 0 Å². The first kappa shape index (κ1) is 15.1. The number of likely N-dealkylation sites (tertiary alicyclic amines) is 1. The molecule has 0 bridgehead atoms. The number of hydrogen-bond donors (Lipinski definition) is 4. The molecule has 1 saturated carbocycles. The minimum absolute atomic E-state index is 0.0305. The van der Waals surface area contributed by atoms with Gasteiger partial charge in [0.25, 0.3) is 0 Å². The van der Waals surface area contributed by atoms with Crippen molar-refractivity contribution in [1.82, 2.24) is 10.2 Å². The summed E-state index contributed by atoms with van der Waals surface area (Å²) in [7, 11) is 0. The van der Waals surface area contributed by atoms with Crippen molar-refractivity contribution in [2.75, 3.05) is 13.1 Å². The average Bonchev–Trinajstić information content (AvgIpc) is 2.62. The molecular formula is C13H22N2O5. The van der Waals surface area contributed by atoms with Crippen LogP contribution in [-0.2, 0) is 4.79 Å². The van der Waals surface area contributed by atoms with E-state index in [0.717, 1.165) is 25.7 Å². The van der Waals surface area contributed by atoms with E-state index >= 15 is 0 Å². The third kappa shape index (κ3) is 3.04. The number of carbonyl (C=O) groups is 2. The van der Waals surface area contributed by atoms with E-state index in [9.17, 15) is 24.9 Å². The maximum atomic E-state index is 12.2. The monoisotopic (exact) mass is 286 g/mol. The molecule has 0 aromatic rings. The highest BCUT2D eigenvalue weighted by atomic mass is 16.4. The SMILES string of the molecule is O=C(NC1(C(=O)O)CCCCCC1)N1CC(O)C(O)C1. The summed E-state index contributed by atoms with van der Waals surface area (Å²) in [5.74, 6) is -1.01. The molecule has 4 N–H and O–H groups in total. The smallest absolute Gasteiger partial charge is 0.329 e. The molecule has 1 heterocycles. The molecule has 2 amide bonds. The molecular weight excluding hydrogens is 264 g/mol. The Hall–Kier alpha value is -1.34. The Balaban J connectivity index is 2.04. The Bertz CT molecular complexity index is 369. The first-order valence-electron chi connectivity index (χ1n) is 7.11. The summed E-state index contributed by atoms with van der Waals surface area (Å²) >= 11 is 0. The summed E-state index contributed by atoms with van der Waals surface area (Å²) in [5.41, 5.74) is -1.22. The molecule has 1 aliphatic carbocycles. The van der Waals surface area contributed by atoms with E-state index in [0.29, 0.717) is 12.8 Å². The minimum atomic E-state index is -1.22. The lowest BCUT2D eigenvalue weighted by atomic mass is 9.90.